The van der Waals surface area contributed by atoms with E-state index in [2.05, 4.69) is 56.2 Å². The lowest BCUT2D eigenvalue weighted by Crippen LogP contribution is -2.41. The lowest BCUT2D eigenvalue weighted by atomic mass is 10.1. The quantitative estimate of drug-likeness (QED) is 0.149. The average Bonchev–Trinajstić information content (AvgIpc) is 2.48. The number of azide groups is 1. The van der Waals surface area contributed by atoms with Crippen molar-refractivity contribution < 1.29 is 4.43 Å². The van der Waals surface area contributed by atoms with Gasteiger partial charge >= 0.3 is 0 Å². The van der Waals surface area contributed by atoms with Crippen molar-refractivity contribution in [3.8, 4) is 0 Å². The molecular weight excluding hydrogens is 302 g/mol. The van der Waals surface area contributed by atoms with Crippen molar-refractivity contribution in [1.82, 2.24) is 0 Å². The van der Waals surface area contributed by atoms with Gasteiger partial charge in [-0.1, -0.05) is 62.8 Å². The van der Waals surface area contributed by atoms with Gasteiger partial charge in [0.1, 0.15) is 0 Å². The predicted octanol–water partition coefficient (Wildman–Crippen LogP) is 6.37. The normalized spacial score (nSPS) is 11.2. The van der Waals surface area contributed by atoms with Gasteiger partial charge in [-0.3, -0.25) is 0 Å². The van der Waals surface area contributed by atoms with Gasteiger partial charge in [-0.2, -0.15) is 0 Å². The van der Waals surface area contributed by atoms with Crippen LogP contribution in [0.5, 0.6) is 0 Å². The van der Waals surface area contributed by atoms with E-state index >= 15 is 0 Å². The van der Waals surface area contributed by atoms with Gasteiger partial charge in [0, 0.05) is 16.2 Å². The third kappa shape index (κ3) is 5.59. The molecule has 0 unspecified atom stereocenters. The molecule has 0 atom stereocenters. The van der Waals surface area contributed by atoms with Crippen molar-refractivity contribution in [1.29, 1.82) is 0 Å². The Labute approximate surface area is 139 Å². The van der Waals surface area contributed by atoms with Crippen LogP contribution >= 0.6 is 0 Å². The molecule has 0 aromatic heterocycles. The van der Waals surface area contributed by atoms with Crippen molar-refractivity contribution in [2.24, 2.45) is 5.11 Å². The number of nitrogens with zero attached hydrogens (tertiary/aromatic N) is 3. The highest BCUT2D eigenvalue weighted by Gasteiger charge is 2.37. The zero-order valence-corrected chi connectivity index (χ0v) is 15.6. The first kappa shape index (κ1) is 19.0. The summed E-state index contributed by atoms with van der Waals surface area (Å²) in [5.74, 6) is 0. The van der Waals surface area contributed by atoms with Gasteiger partial charge in [0.15, 0.2) is 8.32 Å². The zero-order valence-electron chi connectivity index (χ0n) is 14.6. The topological polar surface area (TPSA) is 58.0 Å². The molecule has 0 saturated heterocycles. The van der Waals surface area contributed by atoms with Crippen LogP contribution in [-0.2, 0) is 4.43 Å². The number of rotatable bonds is 6. The molecule has 0 heterocycles. The van der Waals surface area contributed by atoms with Gasteiger partial charge in [-0.05, 0) is 35.3 Å². The van der Waals surface area contributed by atoms with E-state index in [4.69, 9.17) is 9.96 Å². The van der Waals surface area contributed by atoms with Crippen molar-refractivity contribution in [3.05, 3.63) is 64.2 Å². The molecule has 0 aliphatic carbocycles. The lowest BCUT2D eigenvalue weighted by molar-refractivity contribution is 0.322. The fourth-order valence-corrected chi connectivity index (χ4v) is 2.50. The summed E-state index contributed by atoms with van der Waals surface area (Å²) in [6.07, 6.45) is 3.55. The van der Waals surface area contributed by atoms with Crippen molar-refractivity contribution in [3.63, 3.8) is 0 Å². The SMILES string of the molecule is C=CC(=C=Cc1ccccc1N=[N+]=[N-])CO[Si](C)(C)C(C)(C)C. The molecule has 1 rings (SSSR count). The highest BCUT2D eigenvalue weighted by molar-refractivity contribution is 6.74. The lowest BCUT2D eigenvalue weighted by Gasteiger charge is -2.36. The summed E-state index contributed by atoms with van der Waals surface area (Å²) in [5, 5.41) is 3.84. The van der Waals surface area contributed by atoms with Gasteiger partial charge in [0.2, 0.25) is 0 Å². The van der Waals surface area contributed by atoms with E-state index in [1.165, 1.54) is 0 Å². The van der Waals surface area contributed by atoms with Crippen LogP contribution in [0.2, 0.25) is 18.1 Å². The second-order valence-corrected chi connectivity index (χ2v) is 11.6. The first-order valence-electron chi connectivity index (χ1n) is 7.57. The Morgan fingerprint density at radius 2 is 2.04 bits per heavy atom. The molecule has 0 bridgehead atoms. The molecule has 0 saturated carbocycles. The minimum atomic E-state index is -1.80. The van der Waals surface area contributed by atoms with E-state index in [0.29, 0.717) is 12.3 Å². The van der Waals surface area contributed by atoms with E-state index in [9.17, 15) is 0 Å². The minimum absolute atomic E-state index is 0.164. The van der Waals surface area contributed by atoms with Crippen LogP contribution < -0.4 is 0 Å². The molecule has 0 fully saturated rings. The van der Waals surface area contributed by atoms with Gasteiger partial charge < -0.3 is 4.43 Å². The third-order valence-electron chi connectivity index (χ3n) is 4.14. The van der Waals surface area contributed by atoms with Crippen LogP contribution in [0.25, 0.3) is 16.5 Å². The largest absolute Gasteiger partial charge is 0.412 e. The monoisotopic (exact) mass is 327 g/mol. The Morgan fingerprint density at radius 3 is 2.61 bits per heavy atom. The molecule has 0 spiro atoms. The summed E-state index contributed by atoms with van der Waals surface area (Å²) in [6.45, 7) is 15.4. The van der Waals surface area contributed by atoms with Crippen molar-refractivity contribution in [2.75, 3.05) is 6.61 Å². The van der Waals surface area contributed by atoms with Crippen LogP contribution in [0.3, 0.4) is 0 Å². The van der Waals surface area contributed by atoms with Crippen molar-refractivity contribution >= 4 is 20.1 Å². The molecule has 1 aromatic rings. The molecular formula is C18H25N3OSi. The van der Waals surface area contributed by atoms with Crippen LogP contribution in [0, 0.1) is 0 Å². The Balaban J connectivity index is 3.00. The highest BCUT2D eigenvalue weighted by Crippen LogP contribution is 2.36. The Hall–Kier alpha value is -2.03. The summed E-state index contributed by atoms with van der Waals surface area (Å²) in [4.78, 5) is 2.84. The summed E-state index contributed by atoms with van der Waals surface area (Å²) in [7, 11) is -1.80. The van der Waals surface area contributed by atoms with Gasteiger partial charge in [-0.15, -0.1) is 5.73 Å². The van der Waals surface area contributed by atoms with Crippen LogP contribution in [-0.4, -0.2) is 14.9 Å². The number of hydrogen-bond acceptors (Lipinski definition) is 2. The van der Waals surface area contributed by atoms with E-state index in [-0.39, 0.29) is 5.04 Å². The Bertz CT molecular complexity index is 674. The zero-order chi connectivity index (χ0) is 17.5. The fraction of sp³-hybridized carbons (Fsp3) is 0.389. The predicted molar refractivity (Wildman–Crippen MR) is 100 cm³/mol. The number of benzene rings is 1. The average molecular weight is 328 g/mol. The standard InChI is InChI=1S/C18H25N3OSi/c1-7-15(14-22-23(5,6)18(2,3)4)12-13-16-10-8-9-11-17(16)20-21-19/h7-11,13H,1,14H2,2-6H3. The smallest absolute Gasteiger partial charge is 0.192 e. The van der Waals surface area contributed by atoms with Gasteiger partial charge in [0.05, 0.1) is 6.61 Å². The molecule has 0 radical (unpaired) electrons. The Morgan fingerprint density at radius 1 is 1.39 bits per heavy atom. The van der Waals surface area contributed by atoms with Crippen LogP contribution in [0.4, 0.5) is 5.69 Å². The molecule has 4 nitrogen and oxygen atoms in total. The summed E-state index contributed by atoms with van der Waals surface area (Å²) >= 11 is 0. The third-order valence-corrected chi connectivity index (χ3v) is 8.62. The molecule has 0 N–H and O–H groups in total. The number of hydrogen-bond donors (Lipinski definition) is 0. The van der Waals surface area contributed by atoms with E-state index in [1.54, 1.807) is 18.2 Å². The first-order valence-corrected chi connectivity index (χ1v) is 10.5. The summed E-state index contributed by atoms with van der Waals surface area (Å²) in [6, 6.07) is 7.38. The molecule has 0 aliphatic heterocycles. The van der Waals surface area contributed by atoms with E-state index in [1.807, 2.05) is 18.2 Å². The molecule has 5 heteroatoms. The molecule has 122 valence electrons. The maximum atomic E-state index is 8.60. The first-order chi connectivity index (χ1) is 10.7. The summed E-state index contributed by atoms with van der Waals surface area (Å²) in [5.41, 5.74) is 14.1. The van der Waals surface area contributed by atoms with E-state index < -0.39 is 8.32 Å². The second-order valence-electron chi connectivity index (χ2n) is 6.82. The Kier molecular flexibility index (Phi) is 6.61. The van der Waals surface area contributed by atoms with E-state index in [0.717, 1.165) is 11.1 Å². The maximum Gasteiger partial charge on any atom is 0.192 e. The van der Waals surface area contributed by atoms with Crippen LogP contribution in [0.15, 0.2) is 53.3 Å². The molecule has 0 amide bonds. The summed E-state index contributed by atoms with van der Waals surface area (Å²) < 4.78 is 6.18. The maximum absolute atomic E-state index is 8.60. The minimum Gasteiger partial charge on any atom is -0.412 e. The molecule has 23 heavy (non-hydrogen) atoms. The van der Waals surface area contributed by atoms with Gasteiger partial charge in [-0.25, -0.2) is 0 Å². The molecule has 0 aliphatic rings. The van der Waals surface area contributed by atoms with Crippen molar-refractivity contribution in [2.45, 2.75) is 38.9 Å². The van der Waals surface area contributed by atoms with Crippen LogP contribution in [0.1, 0.15) is 26.3 Å². The second kappa shape index (κ2) is 8.00. The fourth-order valence-electron chi connectivity index (χ4n) is 1.55. The highest BCUT2D eigenvalue weighted by atomic mass is 28.4. The molecule has 1 aromatic carbocycles. The van der Waals surface area contributed by atoms with Gasteiger partial charge in [0.25, 0.3) is 0 Å².